The summed E-state index contributed by atoms with van der Waals surface area (Å²) in [5, 5.41) is 6.27. The number of carbonyl (C=O) groups excluding carboxylic acids is 2. The first-order valence-corrected chi connectivity index (χ1v) is 22.7. The molecule has 0 saturated carbocycles. The number of anilines is 2. The van der Waals surface area contributed by atoms with Crippen LogP contribution in [0.1, 0.15) is 95.9 Å². The summed E-state index contributed by atoms with van der Waals surface area (Å²) in [5.74, 6) is 0.0626. The predicted molar refractivity (Wildman–Crippen MR) is 264 cm³/mol. The van der Waals surface area contributed by atoms with Crippen molar-refractivity contribution in [2.75, 3.05) is 10.6 Å². The van der Waals surface area contributed by atoms with E-state index in [1.807, 2.05) is 24.3 Å². The number of hydrogen-bond donors (Lipinski definition) is 2. The van der Waals surface area contributed by atoms with Crippen LogP contribution in [0.4, 0.5) is 11.4 Å². The van der Waals surface area contributed by atoms with Crippen molar-refractivity contribution >= 4 is 23.2 Å². The van der Waals surface area contributed by atoms with E-state index < -0.39 is 10.8 Å². The van der Waals surface area contributed by atoms with Crippen LogP contribution in [0.15, 0.2) is 231 Å². The Bertz CT molecular complexity index is 2270. The Morgan fingerprint density at radius 3 is 0.703 bits per heavy atom. The minimum atomic E-state index is -0.522. The lowest BCUT2D eigenvalue weighted by molar-refractivity contribution is -0.117. The second-order valence-electron chi connectivity index (χ2n) is 16.6. The molecule has 2 N–H and O–H groups in total. The summed E-state index contributed by atoms with van der Waals surface area (Å²) in [6.07, 6.45) is 6.67. The van der Waals surface area contributed by atoms with Crippen molar-refractivity contribution < 1.29 is 9.59 Å². The molecule has 0 fully saturated rings. The normalized spacial score (nSPS) is 11.4. The second-order valence-corrected chi connectivity index (χ2v) is 16.6. The Hall–Kier alpha value is -7.30. The van der Waals surface area contributed by atoms with E-state index in [9.17, 15) is 9.59 Å². The minimum Gasteiger partial charge on any atom is -0.326 e. The lowest BCUT2D eigenvalue weighted by Gasteiger charge is -2.37. The van der Waals surface area contributed by atoms with Gasteiger partial charge in [0.25, 0.3) is 0 Å². The van der Waals surface area contributed by atoms with Gasteiger partial charge in [0.2, 0.25) is 11.8 Å². The summed E-state index contributed by atoms with van der Waals surface area (Å²) in [5.41, 5.74) is 9.92. The Morgan fingerprint density at radius 2 is 0.469 bits per heavy atom. The summed E-state index contributed by atoms with van der Waals surface area (Å²) in [7, 11) is 0. The molecule has 0 saturated heterocycles. The quantitative estimate of drug-likeness (QED) is 0.0630. The molecule has 0 aromatic heterocycles. The molecule has 0 aliphatic rings. The monoisotopic (exact) mass is 836 g/mol. The Morgan fingerprint density at radius 1 is 0.266 bits per heavy atom. The van der Waals surface area contributed by atoms with Crippen molar-refractivity contribution in [3.05, 3.63) is 275 Å². The van der Waals surface area contributed by atoms with Gasteiger partial charge in [-0.2, -0.15) is 0 Å². The van der Waals surface area contributed by atoms with Gasteiger partial charge in [0.1, 0.15) is 0 Å². The number of unbranched alkanes of at least 4 members (excludes halogenated alkanes) is 5. The van der Waals surface area contributed by atoms with Crippen molar-refractivity contribution in [2.24, 2.45) is 0 Å². The highest BCUT2D eigenvalue weighted by Crippen LogP contribution is 2.46. The molecule has 0 heterocycles. The van der Waals surface area contributed by atoms with Crippen molar-refractivity contribution in [2.45, 2.75) is 62.2 Å². The van der Waals surface area contributed by atoms with Gasteiger partial charge in [-0.15, -0.1) is 0 Å². The lowest BCUT2D eigenvalue weighted by Crippen LogP contribution is -2.31. The summed E-state index contributed by atoms with van der Waals surface area (Å²) in [4.78, 5) is 26.1. The highest BCUT2D eigenvalue weighted by atomic mass is 16.2. The van der Waals surface area contributed by atoms with Crippen LogP contribution >= 0.6 is 0 Å². The third kappa shape index (κ3) is 9.67. The number of hydrogen-bond acceptors (Lipinski definition) is 2. The molecular weight excluding hydrogens is 781 g/mol. The first-order valence-electron chi connectivity index (χ1n) is 22.7. The summed E-state index contributed by atoms with van der Waals surface area (Å²) in [6, 6.07) is 80.5. The average Bonchev–Trinajstić information content (AvgIpc) is 3.36. The van der Waals surface area contributed by atoms with E-state index in [0.717, 1.165) is 61.0 Å². The number of nitrogens with one attached hydrogen (secondary N) is 2. The summed E-state index contributed by atoms with van der Waals surface area (Å²) < 4.78 is 0. The van der Waals surface area contributed by atoms with Gasteiger partial charge in [0, 0.05) is 24.2 Å². The van der Waals surface area contributed by atoms with E-state index in [1.165, 1.54) is 33.4 Å². The summed E-state index contributed by atoms with van der Waals surface area (Å²) >= 11 is 0. The van der Waals surface area contributed by atoms with Crippen molar-refractivity contribution in [1.82, 2.24) is 0 Å². The second kappa shape index (κ2) is 21.2. The number of amides is 2. The van der Waals surface area contributed by atoms with E-state index in [1.54, 1.807) is 0 Å². The van der Waals surface area contributed by atoms with Gasteiger partial charge < -0.3 is 10.6 Å². The van der Waals surface area contributed by atoms with Gasteiger partial charge in [-0.3, -0.25) is 9.59 Å². The van der Waals surface area contributed by atoms with Gasteiger partial charge in [0.05, 0.1) is 10.8 Å². The van der Waals surface area contributed by atoms with Gasteiger partial charge in [0.15, 0.2) is 0 Å². The van der Waals surface area contributed by atoms with Gasteiger partial charge in [-0.05, 0) is 81.6 Å². The fourth-order valence-corrected chi connectivity index (χ4v) is 9.46. The molecule has 0 radical (unpaired) electrons. The Labute approximate surface area is 379 Å². The molecule has 64 heavy (non-hydrogen) atoms. The Balaban J connectivity index is 0.801. The van der Waals surface area contributed by atoms with E-state index >= 15 is 0 Å². The Kier molecular flexibility index (Phi) is 14.3. The first kappa shape index (κ1) is 43.4. The number of carbonyl (C=O) groups is 2. The number of benzene rings is 8. The van der Waals surface area contributed by atoms with E-state index in [-0.39, 0.29) is 11.8 Å². The summed E-state index contributed by atoms with van der Waals surface area (Å²) in [6.45, 7) is 0. The smallest absolute Gasteiger partial charge is 0.224 e. The maximum Gasteiger partial charge on any atom is 0.224 e. The largest absolute Gasteiger partial charge is 0.326 e. The van der Waals surface area contributed by atoms with E-state index in [0.29, 0.717) is 12.8 Å². The van der Waals surface area contributed by atoms with Crippen molar-refractivity contribution in [3.63, 3.8) is 0 Å². The zero-order valence-corrected chi connectivity index (χ0v) is 36.4. The van der Waals surface area contributed by atoms with Gasteiger partial charge >= 0.3 is 0 Å². The highest BCUT2D eigenvalue weighted by Gasteiger charge is 2.39. The topological polar surface area (TPSA) is 58.2 Å². The molecular formula is C60H56N2O2. The SMILES string of the molecule is O=C(CCCCCCCCC(=O)Nc1ccc(C(c2ccccc2)(c2ccccc2)c2ccccc2)cc1)Nc1ccc(C(c2ccccc2)(c2ccccc2)c2ccccc2)cc1. The van der Waals surface area contributed by atoms with Gasteiger partial charge in [-0.1, -0.05) is 232 Å². The molecule has 318 valence electrons. The van der Waals surface area contributed by atoms with E-state index in [4.69, 9.17) is 0 Å². The highest BCUT2D eigenvalue weighted by molar-refractivity contribution is 5.91. The molecule has 0 bridgehead atoms. The molecule has 0 unspecified atom stereocenters. The van der Waals surface area contributed by atoms with E-state index in [2.05, 4.69) is 217 Å². The third-order valence-corrected chi connectivity index (χ3v) is 12.5. The molecule has 0 aliphatic carbocycles. The fraction of sp³-hybridized carbons (Fsp3) is 0.167. The molecule has 8 rings (SSSR count). The lowest BCUT2D eigenvalue weighted by atomic mass is 9.65. The van der Waals surface area contributed by atoms with Crippen LogP contribution < -0.4 is 10.6 Å². The van der Waals surface area contributed by atoms with Crippen LogP contribution in [0.5, 0.6) is 0 Å². The maximum absolute atomic E-state index is 13.0. The molecule has 0 spiro atoms. The van der Waals surface area contributed by atoms with Crippen LogP contribution in [0.25, 0.3) is 0 Å². The molecule has 8 aromatic rings. The first-order chi connectivity index (χ1) is 31.6. The molecule has 4 nitrogen and oxygen atoms in total. The van der Waals surface area contributed by atoms with Crippen LogP contribution in [0.2, 0.25) is 0 Å². The molecule has 0 atom stereocenters. The average molecular weight is 837 g/mol. The van der Waals surface area contributed by atoms with Gasteiger partial charge in [-0.25, -0.2) is 0 Å². The fourth-order valence-electron chi connectivity index (χ4n) is 9.46. The molecule has 2 amide bonds. The zero-order valence-electron chi connectivity index (χ0n) is 36.4. The van der Waals surface area contributed by atoms with Crippen molar-refractivity contribution in [3.8, 4) is 0 Å². The van der Waals surface area contributed by atoms with Crippen LogP contribution in [0.3, 0.4) is 0 Å². The third-order valence-electron chi connectivity index (χ3n) is 12.5. The maximum atomic E-state index is 13.0. The molecule has 4 heteroatoms. The van der Waals surface area contributed by atoms with Crippen LogP contribution in [-0.4, -0.2) is 11.8 Å². The minimum absolute atomic E-state index is 0.0313. The standard InChI is InChI=1S/C60H56N2O2/c63-57(61-55-43-39-53(40-44-55)59(47-25-11-5-12-26-47,48-27-13-6-14-28-48)49-29-15-7-16-30-49)37-23-3-1-2-4-24-38-58(64)62-56-45-41-54(42-46-56)60(50-31-17-8-18-32-50,51-33-19-9-20-34-51)52-35-21-10-22-36-52/h5-22,25-36,39-46H,1-4,23-24,37-38H2,(H,61,63)(H,62,64). The molecule has 8 aromatic carbocycles. The predicted octanol–water partition coefficient (Wildman–Crippen LogP) is 14.1. The van der Waals surface area contributed by atoms with Crippen LogP contribution in [-0.2, 0) is 20.4 Å². The van der Waals surface area contributed by atoms with Crippen LogP contribution in [0, 0.1) is 0 Å². The molecule has 0 aliphatic heterocycles. The number of rotatable bonds is 19. The zero-order chi connectivity index (χ0) is 43.9. The van der Waals surface area contributed by atoms with Crippen molar-refractivity contribution in [1.29, 1.82) is 0 Å².